The second-order valence-electron chi connectivity index (χ2n) is 4.75. The van der Waals surface area contributed by atoms with Gasteiger partial charge < -0.3 is 15.4 Å². The quantitative estimate of drug-likeness (QED) is 0.756. The molecule has 0 fully saturated rings. The fourth-order valence-corrected chi connectivity index (χ4v) is 2.73. The predicted octanol–water partition coefficient (Wildman–Crippen LogP) is 2.50. The van der Waals surface area contributed by atoms with Crippen LogP contribution in [0.4, 0.5) is 5.69 Å². The Morgan fingerprint density at radius 1 is 1.45 bits per heavy atom. The van der Waals surface area contributed by atoms with Gasteiger partial charge in [0.1, 0.15) is 5.75 Å². The number of hydrogen-bond acceptors (Lipinski definition) is 4. The lowest BCUT2D eigenvalue weighted by molar-refractivity contribution is 0.102. The number of halogens is 2. The van der Waals surface area contributed by atoms with E-state index in [4.69, 9.17) is 4.74 Å². The van der Waals surface area contributed by atoms with E-state index in [-0.39, 0.29) is 18.3 Å². The molecular weight excluding hydrogens is 372 g/mol. The van der Waals surface area contributed by atoms with Gasteiger partial charge in [0.2, 0.25) is 0 Å². The number of nitrogens with one attached hydrogen (secondary N) is 3. The van der Waals surface area contributed by atoms with Crippen molar-refractivity contribution in [1.29, 1.82) is 0 Å². The predicted molar refractivity (Wildman–Crippen MR) is 89.9 cm³/mol. The molecule has 1 aromatic heterocycles. The van der Waals surface area contributed by atoms with E-state index < -0.39 is 0 Å². The van der Waals surface area contributed by atoms with Crippen molar-refractivity contribution in [2.24, 2.45) is 0 Å². The Bertz CT molecular complexity index is 689. The molecule has 0 saturated carbocycles. The minimum Gasteiger partial charge on any atom is -0.495 e. The number of methoxy groups -OCH3 is 1. The van der Waals surface area contributed by atoms with Gasteiger partial charge in [0.25, 0.3) is 5.91 Å². The maximum Gasteiger partial charge on any atom is 0.276 e. The number of hydrogen-bond donors (Lipinski definition) is 3. The van der Waals surface area contributed by atoms with Gasteiger partial charge in [-0.25, -0.2) is 0 Å². The first-order valence-electron chi connectivity index (χ1n) is 6.60. The lowest BCUT2D eigenvalue weighted by Gasteiger charge is -2.13. The summed E-state index contributed by atoms with van der Waals surface area (Å²) < 4.78 is 6.12. The molecule has 2 aromatic rings. The first-order valence-corrected chi connectivity index (χ1v) is 7.40. The lowest BCUT2D eigenvalue weighted by Crippen LogP contribution is -2.25. The maximum absolute atomic E-state index is 12.4. The van der Waals surface area contributed by atoms with Crippen molar-refractivity contribution >= 4 is 39.9 Å². The highest BCUT2D eigenvalue weighted by atomic mass is 79.9. The van der Waals surface area contributed by atoms with Gasteiger partial charge in [0.15, 0.2) is 5.69 Å². The van der Waals surface area contributed by atoms with Crippen LogP contribution in [0.1, 0.15) is 21.7 Å². The molecule has 1 aliphatic heterocycles. The summed E-state index contributed by atoms with van der Waals surface area (Å²) >= 11 is 3.39. The zero-order valence-corrected chi connectivity index (χ0v) is 14.3. The number of nitrogens with zero attached hydrogens (tertiary/aromatic N) is 1. The largest absolute Gasteiger partial charge is 0.495 e. The third-order valence-corrected chi connectivity index (χ3v) is 3.92. The molecule has 3 rings (SSSR count). The average molecular weight is 388 g/mol. The van der Waals surface area contributed by atoms with Crippen LogP contribution in [-0.4, -0.2) is 29.8 Å². The molecule has 1 aliphatic rings. The van der Waals surface area contributed by atoms with Crippen LogP contribution in [-0.2, 0) is 13.0 Å². The minimum atomic E-state index is -0.243. The molecule has 1 aromatic carbocycles. The number of amides is 1. The number of anilines is 1. The van der Waals surface area contributed by atoms with Crippen LogP contribution in [0.25, 0.3) is 0 Å². The highest BCUT2D eigenvalue weighted by Crippen LogP contribution is 2.28. The molecule has 2 heterocycles. The van der Waals surface area contributed by atoms with Gasteiger partial charge in [0, 0.05) is 35.2 Å². The van der Waals surface area contributed by atoms with E-state index in [1.54, 1.807) is 19.2 Å². The van der Waals surface area contributed by atoms with E-state index in [9.17, 15) is 4.79 Å². The van der Waals surface area contributed by atoms with E-state index in [1.165, 1.54) is 0 Å². The molecule has 0 spiro atoms. The molecule has 0 unspecified atom stereocenters. The van der Waals surface area contributed by atoms with Gasteiger partial charge in [0.05, 0.1) is 12.8 Å². The Morgan fingerprint density at radius 2 is 2.27 bits per heavy atom. The fraction of sp³-hybridized carbons (Fsp3) is 0.286. The smallest absolute Gasteiger partial charge is 0.276 e. The monoisotopic (exact) mass is 386 g/mol. The minimum absolute atomic E-state index is 0. The summed E-state index contributed by atoms with van der Waals surface area (Å²) in [5.74, 6) is 0.363. The number of aromatic amines is 1. The third-order valence-electron chi connectivity index (χ3n) is 3.43. The normalized spacial score (nSPS) is 13.0. The summed E-state index contributed by atoms with van der Waals surface area (Å²) in [6.07, 6.45) is 0.857. The molecular formula is C14H16BrClN4O2. The standard InChI is InChI=1S/C14H15BrN4O2.ClH/c1-21-12-3-2-8(15)6-11(12)17-14(20)13-9-7-16-5-4-10(9)18-19-13;/h2-3,6,16H,4-5,7H2,1H3,(H,17,20)(H,18,19);1H. The Balaban J connectivity index is 0.00000176. The molecule has 3 N–H and O–H groups in total. The van der Waals surface area contributed by atoms with Gasteiger partial charge in [-0.05, 0) is 18.2 Å². The Hall–Kier alpha value is -1.57. The molecule has 0 saturated heterocycles. The summed E-state index contributed by atoms with van der Waals surface area (Å²) in [7, 11) is 1.57. The Labute approximate surface area is 142 Å². The van der Waals surface area contributed by atoms with Gasteiger partial charge in [-0.3, -0.25) is 9.89 Å². The molecule has 0 radical (unpaired) electrons. The number of rotatable bonds is 3. The molecule has 6 nitrogen and oxygen atoms in total. The highest BCUT2D eigenvalue weighted by Gasteiger charge is 2.22. The molecule has 1 amide bonds. The van der Waals surface area contributed by atoms with Crippen molar-refractivity contribution in [1.82, 2.24) is 15.5 Å². The maximum atomic E-state index is 12.4. The van der Waals surface area contributed by atoms with Crippen LogP contribution in [0.15, 0.2) is 22.7 Å². The van der Waals surface area contributed by atoms with E-state index in [0.29, 0.717) is 23.7 Å². The van der Waals surface area contributed by atoms with E-state index in [0.717, 1.165) is 28.7 Å². The number of fused-ring (bicyclic) bond motifs is 1. The summed E-state index contributed by atoms with van der Waals surface area (Å²) in [4.78, 5) is 12.4. The first kappa shape index (κ1) is 16.8. The topological polar surface area (TPSA) is 79.0 Å². The van der Waals surface area contributed by atoms with Gasteiger partial charge in [-0.15, -0.1) is 12.4 Å². The number of ether oxygens (including phenoxy) is 1. The molecule has 0 bridgehead atoms. The zero-order valence-electron chi connectivity index (χ0n) is 11.9. The van der Waals surface area contributed by atoms with Gasteiger partial charge in [-0.1, -0.05) is 15.9 Å². The van der Waals surface area contributed by atoms with Crippen molar-refractivity contribution in [3.63, 3.8) is 0 Å². The number of carbonyl (C=O) groups excluding carboxylic acids is 1. The zero-order chi connectivity index (χ0) is 14.8. The van der Waals surface area contributed by atoms with Crippen molar-refractivity contribution in [2.75, 3.05) is 19.0 Å². The van der Waals surface area contributed by atoms with Crippen LogP contribution < -0.4 is 15.4 Å². The second-order valence-corrected chi connectivity index (χ2v) is 5.67. The van der Waals surface area contributed by atoms with Gasteiger partial charge in [-0.2, -0.15) is 5.10 Å². The highest BCUT2D eigenvalue weighted by molar-refractivity contribution is 9.10. The van der Waals surface area contributed by atoms with Crippen LogP contribution in [0.3, 0.4) is 0 Å². The third kappa shape index (κ3) is 3.26. The van der Waals surface area contributed by atoms with E-state index >= 15 is 0 Å². The molecule has 0 atom stereocenters. The van der Waals surface area contributed by atoms with Crippen LogP contribution >= 0.6 is 28.3 Å². The van der Waals surface area contributed by atoms with E-state index in [2.05, 4.69) is 36.8 Å². The number of carbonyl (C=O) groups is 1. The number of benzene rings is 1. The number of H-pyrrole nitrogens is 1. The summed E-state index contributed by atoms with van der Waals surface area (Å²) in [6, 6.07) is 5.45. The summed E-state index contributed by atoms with van der Waals surface area (Å²) in [6.45, 7) is 1.56. The second kappa shape index (κ2) is 7.13. The van der Waals surface area contributed by atoms with Crippen LogP contribution in [0, 0.1) is 0 Å². The van der Waals surface area contributed by atoms with E-state index in [1.807, 2.05) is 6.07 Å². The van der Waals surface area contributed by atoms with Crippen molar-refractivity contribution < 1.29 is 9.53 Å². The van der Waals surface area contributed by atoms with Crippen molar-refractivity contribution in [3.8, 4) is 5.75 Å². The fourth-order valence-electron chi connectivity index (χ4n) is 2.37. The van der Waals surface area contributed by atoms with Crippen molar-refractivity contribution in [3.05, 3.63) is 39.6 Å². The SMILES string of the molecule is COc1ccc(Br)cc1NC(=O)c1n[nH]c2c1CNCC2.Cl. The van der Waals surface area contributed by atoms with Crippen LogP contribution in [0.2, 0.25) is 0 Å². The molecule has 118 valence electrons. The lowest BCUT2D eigenvalue weighted by atomic mass is 10.1. The average Bonchev–Trinajstić information content (AvgIpc) is 2.91. The summed E-state index contributed by atoms with van der Waals surface area (Å²) in [5, 5.41) is 13.2. The Morgan fingerprint density at radius 3 is 3.05 bits per heavy atom. The van der Waals surface area contributed by atoms with Crippen molar-refractivity contribution in [2.45, 2.75) is 13.0 Å². The molecule has 8 heteroatoms. The summed E-state index contributed by atoms with van der Waals surface area (Å²) in [5.41, 5.74) is 3.00. The van der Waals surface area contributed by atoms with Crippen LogP contribution in [0.5, 0.6) is 5.75 Å². The van der Waals surface area contributed by atoms with Gasteiger partial charge >= 0.3 is 0 Å². The molecule has 0 aliphatic carbocycles. The number of aromatic nitrogens is 2. The molecule has 22 heavy (non-hydrogen) atoms. The Kier molecular flexibility index (Phi) is 5.44. The first-order chi connectivity index (χ1) is 10.2.